The minimum atomic E-state index is -3.69. The van der Waals surface area contributed by atoms with Gasteiger partial charge in [0.2, 0.25) is 10.0 Å². The van der Waals surface area contributed by atoms with Gasteiger partial charge in [0.25, 0.3) is 5.91 Å². The van der Waals surface area contributed by atoms with Crippen LogP contribution in [0.25, 0.3) is 0 Å². The maximum atomic E-state index is 13.1. The molecule has 32 heavy (non-hydrogen) atoms. The van der Waals surface area contributed by atoms with Crippen LogP contribution in [-0.4, -0.2) is 69.6 Å². The highest BCUT2D eigenvalue weighted by atomic mass is 32.2. The molecule has 2 heterocycles. The first-order valence-corrected chi connectivity index (χ1v) is 12.8. The molecule has 1 amide bonds. The van der Waals surface area contributed by atoms with Crippen molar-refractivity contribution < 1.29 is 17.9 Å². The zero-order valence-electron chi connectivity index (χ0n) is 18.3. The van der Waals surface area contributed by atoms with Gasteiger partial charge in [-0.25, -0.2) is 13.1 Å². The van der Waals surface area contributed by atoms with Gasteiger partial charge < -0.3 is 9.64 Å². The van der Waals surface area contributed by atoms with Crippen molar-refractivity contribution in [2.75, 3.05) is 39.3 Å². The van der Waals surface area contributed by atoms with Crippen molar-refractivity contribution in [2.24, 2.45) is 0 Å². The summed E-state index contributed by atoms with van der Waals surface area (Å²) in [7, 11) is -3.69. The van der Waals surface area contributed by atoms with E-state index in [4.69, 9.17) is 4.74 Å². The summed E-state index contributed by atoms with van der Waals surface area (Å²) in [5.74, 6) is -0.122. The minimum absolute atomic E-state index is 0.0782. The Morgan fingerprint density at radius 3 is 2.62 bits per heavy atom. The van der Waals surface area contributed by atoms with Crippen LogP contribution in [0.3, 0.4) is 0 Å². The smallest absolute Gasteiger partial charge is 0.253 e. The zero-order valence-corrected chi connectivity index (χ0v) is 19.1. The molecule has 7 nitrogen and oxygen atoms in total. The van der Waals surface area contributed by atoms with Crippen molar-refractivity contribution in [3.63, 3.8) is 0 Å². The fourth-order valence-corrected chi connectivity index (χ4v) is 5.36. The fourth-order valence-electron chi connectivity index (χ4n) is 4.24. The van der Waals surface area contributed by atoms with Crippen molar-refractivity contribution in [1.29, 1.82) is 0 Å². The van der Waals surface area contributed by atoms with Crippen LogP contribution in [0.15, 0.2) is 59.5 Å². The number of hydrogen-bond acceptors (Lipinski definition) is 5. The van der Waals surface area contributed by atoms with Gasteiger partial charge in [-0.2, -0.15) is 0 Å². The number of ether oxygens (including phenoxy) is 1. The van der Waals surface area contributed by atoms with Crippen molar-refractivity contribution >= 4 is 15.9 Å². The SMILES string of the molecule is O=C(c1cccc(S(=O)(=O)NCC2CCCO2)c1)N1CCCN(Cc2ccccc2)CC1. The number of nitrogens with one attached hydrogen (secondary N) is 1. The second-order valence-corrected chi connectivity index (χ2v) is 10.2. The van der Waals surface area contributed by atoms with Crippen molar-refractivity contribution in [1.82, 2.24) is 14.5 Å². The highest BCUT2D eigenvalue weighted by Crippen LogP contribution is 2.17. The van der Waals surface area contributed by atoms with Crippen LogP contribution < -0.4 is 4.72 Å². The van der Waals surface area contributed by atoms with Gasteiger partial charge in [0.15, 0.2) is 0 Å². The van der Waals surface area contributed by atoms with E-state index in [0.29, 0.717) is 25.3 Å². The molecule has 2 aliphatic rings. The largest absolute Gasteiger partial charge is 0.377 e. The Morgan fingerprint density at radius 2 is 1.84 bits per heavy atom. The third-order valence-electron chi connectivity index (χ3n) is 6.04. The van der Waals surface area contributed by atoms with Crippen molar-refractivity contribution in [2.45, 2.75) is 36.8 Å². The molecule has 4 rings (SSSR count). The third kappa shape index (κ3) is 5.95. The first-order chi connectivity index (χ1) is 15.5. The summed E-state index contributed by atoms with van der Waals surface area (Å²) in [4.78, 5) is 17.4. The predicted molar refractivity (Wildman–Crippen MR) is 123 cm³/mol. The van der Waals surface area contributed by atoms with Crippen molar-refractivity contribution in [3.05, 3.63) is 65.7 Å². The van der Waals surface area contributed by atoms with E-state index in [0.717, 1.165) is 38.9 Å². The van der Waals surface area contributed by atoms with E-state index >= 15 is 0 Å². The molecule has 2 saturated heterocycles. The second-order valence-electron chi connectivity index (χ2n) is 8.42. The van der Waals surface area contributed by atoms with Crippen LogP contribution in [-0.2, 0) is 21.3 Å². The summed E-state index contributed by atoms with van der Waals surface area (Å²) in [6, 6.07) is 16.7. The lowest BCUT2D eigenvalue weighted by Crippen LogP contribution is -2.35. The van der Waals surface area contributed by atoms with Gasteiger partial charge in [-0.3, -0.25) is 9.69 Å². The van der Waals surface area contributed by atoms with Gasteiger partial charge in [0.05, 0.1) is 11.0 Å². The zero-order chi connectivity index (χ0) is 22.4. The summed E-state index contributed by atoms with van der Waals surface area (Å²) < 4.78 is 33.5. The molecule has 2 aliphatic heterocycles. The number of hydrogen-bond donors (Lipinski definition) is 1. The highest BCUT2D eigenvalue weighted by molar-refractivity contribution is 7.89. The van der Waals surface area contributed by atoms with Crippen LogP contribution >= 0.6 is 0 Å². The lowest BCUT2D eigenvalue weighted by molar-refractivity contribution is 0.0761. The number of nitrogens with zero attached hydrogens (tertiary/aromatic N) is 2. The monoisotopic (exact) mass is 457 g/mol. The Kier molecular flexibility index (Phi) is 7.57. The first kappa shape index (κ1) is 22.9. The van der Waals surface area contributed by atoms with Crippen LogP contribution in [0.4, 0.5) is 0 Å². The number of amides is 1. The molecule has 172 valence electrons. The molecule has 0 aromatic heterocycles. The minimum Gasteiger partial charge on any atom is -0.377 e. The average Bonchev–Trinajstić information content (AvgIpc) is 3.24. The normalized spacial score (nSPS) is 20.2. The summed E-state index contributed by atoms with van der Waals surface area (Å²) in [5.41, 5.74) is 1.67. The summed E-state index contributed by atoms with van der Waals surface area (Å²) in [5, 5.41) is 0. The lowest BCUT2D eigenvalue weighted by atomic mass is 10.2. The first-order valence-electron chi connectivity index (χ1n) is 11.3. The van der Waals surface area contributed by atoms with E-state index in [9.17, 15) is 13.2 Å². The molecule has 2 fully saturated rings. The molecule has 0 radical (unpaired) electrons. The van der Waals surface area contributed by atoms with Gasteiger partial charge in [-0.05, 0) is 43.0 Å². The Hall–Kier alpha value is -2.26. The Morgan fingerprint density at radius 1 is 1.00 bits per heavy atom. The molecule has 1 N–H and O–H groups in total. The Labute approximate surface area is 190 Å². The molecular weight excluding hydrogens is 426 g/mol. The van der Waals surface area contributed by atoms with Gasteiger partial charge in [0.1, 0.15) is 0 Å². The number of sulfonamides is 1. The topological polar surface area (TPSA) is 78.9 Å². The number of carbonyl (C=O) groups is 1. The van der Waals surface area contributed by atoms with E-state index in [1.54, 1.807) is 12.1 Å². The van der Waals surface area contributed by atoms with Gasteiger partial charge >= 0.3 is 0 Å². The van der Waals surface area contributed by atoms with E-state index in [2.05, 4.69) is 21.8 Å². The predicted octanol–water partition coefficient (Wildman–Crippen LogP) is 2.49. The molecular formula is C24H31N3O4S. The molecule has 0 spiro atoms. The maximum Gasteiger partial charge on any atom is 0.253 e. The maximum absolute atomic E-state index is 13.1. The second kappa shape index (κ2) is 10.6. The molecule has 2 aromatic rings. The average molecular weight is 458 g/mol. The van der Waals surface area contributed by atoms with Crippen LogP contribution in [0, 0.1) is 0 Å². The van der Waals surface area contributed by atoms with Gasteiger partial charge in [-0.15, -0.1) is 0 Å². The molecule has 1 unspecified atom stereocenters. The van der Waals surface area contributed by atoms with E-state index in [1.807, 2.05) is 23.1 Å². The highest BCUT2D eigenvalue weighted by Gasteiger charge is 2.24. The molecule has 1 atom stereocenters. The van der Waals surface area contributed by atoms with E-state index < -0.39 is 10.0 Å². The molecule has 0 saturated carbocycles. The van der Waals surface area contributed by atoms with E-state index in [1.165, 1.54) is 17.7 Å². The third-order valence-corrected chi connectivity index (χ3v) is 7.46. The Bertz CT molecular complexity index is 1010. The van der Waals surface area contributed by atoms with Gasteiger partial charge in [-0.1, -0.05) is 36.4 Å². The summed E-state index contributed by atoms with van der Waals surface area (Å²) >= 11 is 0. The van der Waals surface area contributed by atoms with Gasteiger partial charge in [0, 0.05) is 51.4 Å². The summed E-state index contributed by atoms with van der Waals surface area (Å²) in [6.45, 7) is 4.81. The van der Waals surface area contributed by atoms with Crippen LogP contribution in [0.5, 0.6) is 0 Å². The van der Waals surface area contributed by atoms with E-state index in [-0.39, 0.29) is 23.5 Å². The Balaban J connectivity index is 1.37. The quantitative estimate of drug-likeness (QED) is 0.691. The number of carbonyl (C=O) groups excluding carboxylic acids is 1. The lowest BCUT2D eigenvalue weighted by Gasteiger charge is -2.22. The molecule has 2 aromatic carbocycles. The number of benzene rings is 2. The molecule has 0 aliphatic carbocycles. The van der Waals surface area contributed by atoms with Crippen LogP contribution in [0.1, 0.15) is 35.2 Å². The van der Waals surface area contributed by atoms with Crippen molar-refractivity contribution in [3.8, 4) is 0 Å². The molecule has 0 bridgehead atoms. The standard InChI is InChI=1S/C24H31N3O4S/c28-24(27-13-6-12-26(14-15-27)19-20-7-2-1-3-8-20)21-9-4-11-23(17-21)32(29,30)25-18-22-10-5-16-31-22/h1-4,7-9,11,17,22,25H,5-6,10,12-16,18-19H2. The number of rotatable bonds is 7. The fraction of sp³-hybridized carbons (Fsp3) is 0.458. The summed E-state index contributed by atoms with van der Waals surface area (Å²) in [6.07, 6.45) is 2.62. The molecule has 8 heteroatoms. The van der Waals surface area contributed by atoms with Crippen LogP contribution in [0.2, 0.25) is 0 Å².